The fourth-order valence-corrected chi connectivity index (χ4v) is 2.39. The summed E-state index contributed by atoms with van der Waals surface area (Å²) in [6.07, 6.45) is 0. The van der Waals surface area contributed by atoms with E-state index in [1.54, 1.807) is 11.8 Å². The molecule has 0 aliphatic heterocycles. The van der Waals surface area contributed by atoms with Crippen LogP contribution in [0.15, 0.2) is 29.4 Å². The van der Waals surface area contributed by atoms with Crippen molar-refractivity contribution in [3.8, 4) is 0 Å². The highest BCUT2D eigenvalue weighted by Gasteiger charge is 2.06. The molecule has 0 spiro atoms. The number of nitrogen functional groups attached to an aromatic ring is 1. The molecule has 0 bridgehead atoms. The van der Waals surface area contributed by atoms with Gasteiger partial charge in [-0.1, -0.05) is 30.0 Å². The van der Waals surface area contributed by atoms with Gasteiger partial charge in [0.1, 0.15) is 11.7 Å². The molecule has 94 valence electrons. The van der Waals surface area contributed by atoms with Crippen LogP contribution in [0, 0.1) is 12.3 Å². The van der Waals surface area contributed by atoms with Gasteiger partial charge in [-0.15, -0.1) is 10.2 Å². The van der Waals surface area contributed by atoms with Crippen molar-refractivity contribution in [2.24, 2.45) is 12.8 Å². The molecule has 18 heavy (non-hydrogen) atoms. The van der Waals surface area contributed by atoms with Crippen molar-refractivity contribution in [3.63, 3.8) is 0 Å². The summed E-state index contributed by atoms with van der Waals surface area (Å²) in [6.45, 7) is 1.92. The number of aryl methyl sites for hydroxylation is 1. The second-order valence-corrected chi connectivity index (χ2v) is 4.93. The summed E-state index contributed by atoms with van der Waals surface area (Å²) < 4.78 is 1.96. The molecular weight excluding hydrogens is 246 g/mol. The molecule has 0 saturated carbocycles. The van der Waals surface area contributed by atoms with Crippen LogP contribution in [0.2, 0.25) is 0 Å². The lowest BCUT2D eigenvalue weighted by Crippen LogP contribution is -2.10. The molecular formula is C12H15N5S. The highest BCUT2D eigenvalue weighted by Crippen LogP contribution is 2.21. The maximum absolute atomic E-state index is 7.41. The van der Waals surface area contributed by atoms with Crippen molar-refractivity contribution in [2.75, 3.05) is 0 Å². The third-order valence-corrected chi connectivity index (χ3v) is 3.75. The lowest BCUT2D eigenvalue weighted by atomic mass is 10.1. The van der Waals surface area contributed by atoms with Gasteiger partial charge in [0.15, 0.2) is 5.16 Å². The van der Waals surface area contributed by atoms with Gasteiger partial charge in [-0.05, 0) is 18.6 Å². The van der Waals surface area contributed by atoms with Crippen LogP contribution in [0.4, 0.5) is 0 Å². The Bertz CT molecular complexity index is 576. The van der Waals surface area contributed by atoms with Crippen LogP contribution in [0.3, 0.4) is 0 Å². The van der Waals surface area contributed by atoms with Gasteiger partial charge in [0.2, 0.25) is 0 Å². The van der Waals surface area contributed by atoms with Crippen LogP contribution in [0.25, 0.3) is 0 Å². The van der Waals surface area contributed by atoms with E-state index in [0.29, 0.717) is 0 Å². The molecule has 1 heterocycles. The fraction of sp³-hybridized carbons (Fsp3) is 0.250. The minimum atomic E-state index is 0.0938. The van der Waals surface area contributed by atoms with Gasteiger partial charge in [0, 0.05) is 18.4 Å². The summed E-state index contributed by atoms with van der Waals surface area (Å²) in [5.74, 6) is 1.78. The SMILES string of the molecule is Cc1nnc(SCc2cccc(C(=N)N)c2)n1C. The van der Waals surface area contributed by atoms with E-state index in [1.165, 1.54) is 0 Å². The Hall–Kier alpha value is -1.82. The third-order valence-electron chi connectivity index (χ3n) is 2.66. The first-order valence-corrected chi connectivity index (χ1v) is 6.48. The van der Waals surface area contributed by atoms with Crippen LogP contribution in [0.1, 0.15) is 17.0 Å². The van der Waals surface area contributed by atoms with Crippen molar-refractivity contribution in [1.29, 1.82) is 5.41 Å². The number of nitrogens with two attached hydrogens (primary N) is 1. The van der Waals surface area contributed by atoms with Crippen molar-refractivity contribution < 1.29 is 0 Å². The van der Waals surface area contributed by atoms with E-state index in [1.807, 2.05) is 42.8 Å². The highest BCUT2D eigenvalue weighted by atomic mass is 32.2. The molecule has 0 atom stereocenters. The molecule has 1 aromatic carbocycles. The number of benzene rings is 1. The minimum Gasteiger partial charge on any atom is -0.384 e. The molecule has 2 aromatic rings. The molecule has 0 amide bonds. The van der Waals surface area contributed by atoms with Gasteiger partial charge in [0.05, 0.1) is 0 Å². The number of thioether (sulfide) groups is 1. The van der Waals surface area contributed by atoms with Gasteiger partial charge in [-0.2, -0.15) is 0 Å². The molecule has 0 saturated heterocycles. The first kappa shape index (κ1) is 12.6. The maximum atomic E-state index is 7.41. The number of aromatic nitrogens is 3. The Kier molecular flexibility index (Phi) is 3.66. The molecule has 0 radical (unpaired) electrons. The summed E-state index contributed by atoms with van der Waals surface area (Å²) in [6, 6.07) is 7.69. The van der Waals surface area contributed by atoms with Crippen molar-refractivity contribution in [1.82, 2.24) is 14.8 Å². The van der Waals surface area contributed by atoms with Gasteiger partial charge < -0.3 is 10.3 Å². The van der Waals surface area contributed by atoms with Crippen LogP contribution >= 0.6 is 11.8 Å². The minimum absolute atomic E-state index is 0.0938. The Morgan fingerprint density at radius 1 is 1.44 bits per heavy atom. The van der Waals surface area contributed by atoms with E-state index in [-0.39, 0.29) is 5.84 Å². The van der Waals surface area contributed by atoms with E-state index in [2.05, 4.69) is 10.2 Å². The molecule has 0 aliphatic rings. The van der Waals surface area contributed by atoms with Gasteiger partial charge in [-0.25, -0.2) is 0 Å². The Balaban J connectivity index is 2.08. The number of hydrogen-bond donors (Lipinski definition) is 2. The molecule has 6 heteroatoms. The average Bonchev–Trinajstić information content (AvgIpc) is 2.68. The average molecular weight is 261 g/mol. The van der Waals surface area contributed by atoms with E-state index in [4.69, 9.17) is 11.1 Å². The standard InChI is InChI=1S/C12H15N5S/c1-8-15-16-12(17(8)2)18-7-9-4-3-5-10(6-9)11(13)14/h3-6H,7H2,1-2H3,(H3,13,14). The molecule has 2 rings (SSSR count). The maximum Gasteiger partial charge on any atom is 0.191 e. The predicted octanol–water partition coefficient (Wildman–Crippen LogP) is 1.70. The smallest absolute Gasteiger partial charge is 0.191 e. The number of nitrogens with zero attached hydrogens (tertiary/aromatic N) is 3. The van der Waals surface area contributed by atoms with E-state index < -0.39 is 0 Å². The zero-order chi connectivity index (χ0) is 13.1. The zero-order valence-corrected chi connectivity index (χ0v) is 11.2. The lowest BCUT2D eigenvalue weighted by molar-refractivity contribution is 0.765. The second-order valence-electron chi connectivity index (χ2n) is 3.99. The van der Waals surface area contributed by atoms with Crippen LogP contribution in [-0.2, 0) is 12.8 Å². The third kappa shape index (κ3) is 2.70. The van der Waals surface area contributed by atoms with E-state index >= 15 is 0 Å². The van der Waals surface area contributed by atoms with Crippen molar-refractivity contribution >= 4 is 17.6 Å². The first-order valence-electron chi connectivity index (χ1n) is 5.50. The summed E-state index contributed by atoms with van der Waals surface area (Å²) in [4.78, 5) is 0. The topological polar surface area (TPSA) is 80.6 Å². The fourth-order valence-electron chi connectivity index (χ4n) is 1.49. The molecule has 1 aromatic heterocycles. The predicted molar refractivity (Wildman–Crippen MR) is 72.8 cm³/mol. The number of rotatable bonds is 4. The molecule has 0 unspecified atom stereocenters. The molecule has 0 aliphatic carbocycles. The van der Waals surface area contributed by atoms with Crippen molar-refractivity contribution in [2.45, 2.75) is 17.8 Å². The van der Waals surface area contributed by atoms with E-state index in [0.717, 1.165) is 27.9 Å². The Morgan fingerprint density at radius 3 is 2.83 bits per heavy atom. The van der Waals surface area contributed by atoms with Gasteiger partial charge in [0.25, 0.3) is 0 Å². The quantitative estimate of drug-likeness (QED) is 0.498. The van der Waals surface area contributed by atoms with Gasteiger partial charge >= 0.3 is 0 Å². The van der Waals surface area contributed by atoms with Crippen LogP contribution < -0.4 is 5.73 Å². The molecule has 5 nitrogen and oxygen atoms in total. The lowest BCUT2D eigenvalue weighted by Gasteiger charge is -2.04. The van der Waals surface area contributed by atoms with Crippen molar-refractivity contribution in [3.05, 3.63) is 41.2 Å². The Labute approximate surface area is 110 Å². The number of hydrogen-bond acceptors (Lipinski definition) is 4. The van der Waals surface area contributed by atoms with E-state index in [9.17, 15) is 0 Å². The molecule has 0 fully saturated rings. The summed E-state index contributed by atoms with van der Waals surface area (Å²) in [5.41, 5.74) is 7.34. The summed E-state index contributed by atoms with van der Waals surface area (Å²) in [7, 11) is 1.95. The number of nitrogens with one attached hydrogen (secondary N) is 1. The zero-order valence-electron chi connectivity index (χ0n) is 10.3. The number of amidine groups is 1. The monoisotopic (exact) mass is 261 g/mol. The Morgan fingerprint density at radius 2 is 2.22 bits per heavy atom. The summed E-state index contributed by atoms with van der Waals surface area (Å²) >= 11 is 1.62. The normalized spacial score (nSPS) is 10.6. The highest BCUT2D eigenvalue weighted by molar-refractivity contribution is 7.98. The second kappa shape index (κ2) is 5.22. The largest absolute Gasteiger partial charge is 0.384 e. The molecule has 3 N–H and O–H groups in total. The first-order chi connectivity index (χ1) is 8.58. The van der Waals surface area contributed by atoms with Crippen LogP contribution in [-0.4, -0.2) is 20.6 Å². The van der Waals surface area contributed by atoms with Crippen LogP contribution in [0.5, 0.6) is 0 Å². The van der Waals surface area contributed by atoms with Gasteiger partial charge in [-0.3, -0.25) is 5.41 Å². The summed E-state index contributed by atoms with van der Waals surface area (Å²) in [5, 5.41) is 16.4.